The van der Waals surface area contributed by atoms with Gasteiger partial charge in [0.25, 0.3) is 0 Å². The Hall–Kier alpha value is -1.60. The fraction of sp³-hybridized carbons (Fsp3) is 0.381. The van der Waals surface area contributed by atoms with Crippen LogP contribution in [-0.2, 0) is 23.2 Å². The van der Waals surface area contributed by atoms with Crippen LogP contribution in [0.4, 0.5) is 0 Å². The SMILES string of the molecule is NCc1ccc2c(c1)C1(CCN(C(=O)Cc3ccc(I)cc3)CC1)CO2. The summed E-state index contributed by atoms with van der Waals surface area (Å²) < 4.78 is 7.14. The number of hydrogen-bond donors (Lipinski definition) is 1. The Balaban J connectivity index is 1.43. The molecule has 0 aliphatic carbocycles. The molecule has 2 aliphatic rings. The van der Waals surface area contributed by atoms with Crippen molar-refractivity contribution in [3.05, 3.63) is 62.7 Å². The zero-order chi connectivity index (χ0) is 18.1. The fourth-order valence-electron chi connectivity index (χ4n) is 4.02. The molecule has 26 heavy (non-hydrogen) atoms. The lowest BCUT2D eigenvalue weighted by atomic mass is 9.74. The highest BCUT2D eigenvalue weighted by atomic mass is 127. The molecule has 5 heteroatoms. The lowest BCUT2D eigenvalue weighted by molar-refractivity contribution is -0.132. The van der Waals surface area contributed by atoms with E-state index in [9.17, 15) is 4.79 Å². The molecule has 1 saturated heterocycles. The van der Waals surface area contributed by atoms with Crippen molar-refractivity contribution < 1.29 is 9.53 Å². The Morgan fingerprint density at radius 3 is 2.50 bits per heavy atom. The highest BCUT2D eigenvalue weighted by Gasteiger charge is 2.43. The fourth-order valence-corrected chi connectivity index (χ4v) is 4.38. The third-order valence-electron chi connectivity index (χ3n) is 5.70. The van der Waals surface area contributed by atoms with Crippen molar-refractivity contribution in [1.82, 2.24) is 4.90 Å². The van der Waals surface area contributed by atoms with Crippen LogP contribution in [0.1, 0.15) is 29.5 Å². The van der Waals surface area contributed by atoms with Crippen molar-refractivity contribution in [2.75, 3.05) is 19.7 Å². The lowest BCUT2D eigenvalue weighted by Crippen LogP contribution is -2.46. The van der Waals surface area contributed by atoms with E-state index < -0.39 is 0 Å². The zero-order valence-corrected chi connectivity index (χ0v) is 16.9. The molecule has 0 radical (unpaired) electrons. The predicted molar refractivity (Wildman–Crippen MR) is 110 cm³/mol. The molecule has 0 bridgehead atoms. The normalized spacial score (nSPS) is 17.8. The van der Waals surface area contributed by atoms with E-state index in [1.54, 1.807) is 0 Å². The number of rotatable bonds is 3. The predicted octanol–water partition coefficient (Wildman–Crippen LogP) is 3.25. The quantitative estimate of drug-likeness (QED) is 0.713. The molecule has 0 unspecified atom stereocenters. The maximum absolute atomic E-state index is 12.7. The summed E-state index contributed by atoms with van der Waals surface area (Å²) in [4.78, 5) is 14.7. The number of amides is 1. The number of halogens is 1. The van der Waals surface area contributed by atoms with Gasteiger partial charge < -0.3 is 15.4 Å². The highest BCUT2D eigenvalue weighted by molar-refractivity contribution is 14.1. The number of piperidine rings is 1. The third-order valence-corrected chi connectivity index (χ3v) is 6.42. The Labute approximate surface area is 167 Å². The van der Waals surface area contributed by atoms with Gasteiger partial charge in [0.2, 0.25) is 5.91 Å². The van der Waals surface area contributed by atoms with Crippen molar-refractivity contribution in [2.24, 2.45) is 5.73 Å². The first-order valence-corrected chi connectivity index (χ1v) is 10.2. The second kappa shape index (κ2) is 7.19. The number of carbonyl (C=O) groups excluding carboxylic acids is 1. The van der Waals surface area contributed by atoms with Crippen LogP contribution in [0.2, 0.25) is 0 Å². The summed E-state index contributed by atoms with van der Waals surface area (Å²) >= 11 is 2.28. The maximum Gasteiger partial charge on any atom is 0.226 e. The Morgan fingerprint density at radius 1 is 1.12 bits per heavy atom. The minimum Gasteiger partial charge on any atom is -0.492 e. The molecule has 1 spiro atoms. The van der Waals surface area contributed by atoms with Gasteiger partial charge in [-0.15, -0.1) is 0 Å². The Bertz CT molecular complexity index is 811. The van der Waals surface area contributed by atoms with E-state index in [4.69, 9.17) is 10.5 Å². The Kier molecular flexibility index (Phi) is 4.92. The van der Waals surface area contributed by atoms with E-state index in [-0.39, 0.29) is 11.3 Å². The zero-order valence-electron chi connectivity index (χ0n) is 14.7. The van der Waals surface area contributed by atoms with Gasteiger partial charge in [-0.2, -0.15) is 0 Å². The summed E-state index contributed by atoms with van der Waals surface area (Å²) in [5.74, 6) is 1.21. The first-order valence-electron chi connectivity index (χ1n) is 9.08. The molecule has 2 aromatic carbocycles. The summed E-state index contributed by atoms with van der Waals surface area (Å²) in [5, 5.41) is 0. The molecular formula is C21H23IN2O2. The summed E-state index contributed by atoms with van der Waals surface area (Å²) in [7, 11) is 0. The second-order valence-corrected chi connectivity index (χ2v) is 8.53. The number of hydrogen-bond acceptors (Lipinski definition) is 3. The average molecular weight is 462 g/mol. The second-order valence-electron chi connectivity index (χ2n) is 7.29. The summed E-state index contributed by atoms with van der Waals surface area (Å²) in [5.41, 5.74) is 9.36. The van der Waals surface area contributed by atoms with E-state index in [1.165, 1.54) is 9.13 Å². The topological polar surface area (TPSA) is 55.6 Å². The summed E-state index contributed by atoms with van der Waals surface area (Å²) in [6.07, 6.45) is 2.38. The molecular weight excluding hydrogens is 439 g/mol. The summed E-state index contributed by atoms with van der Waals surface area (Å²) in [6, 6.07) is 14.5. The number of benzene rings is 2. The van der Waals surface area contributed by atoms with E-state index in [1.807, 2.05) is 29.2 Å². The maximum atomic E-state index is 12.7. The van der Waals surface area contributed by atoms with E-state index in [2.05, 4.69) is 40.8 Å². The summed E-state index contributed by atoms with van der Waals surface area (Å²) in [6.45, 7) is 2.84. The number of nitrogens with two attached hydrogens (primary N) is 1. The van der Waals surface area contributed by atoms with Crippen LogP contribution in [0.3, 0.4) is 0 Å². The smallest absolute Gasteiger partial charge is 0.226 e. The van der Waals surface area contributed by atoms with Crippen LogP contribution in [0.5, 0.6) is 5.75 Å². The molecule has 1 amide bonds. The number of ether oxygens (including phenoxy) is 1. The van der Waals surface area contributed by atoms with E-state index in [0.717, 1.165) is 49.4 Å². The molecule has 0 saturated carbocycles. The van der Waals surface area contributed by atoms with E-state index in [0.29, 0.717) is 13.0 Å². The van der Waals surface area contributed by atoms with Crippen LogP contribution in [-0.4, -0.2) is 30.5 Å². The first-order chi connectivity index (χ1) is 12.6. The minimum atomic E-state index is 0.0418. The molecule has 136 valence electrons. The van der Waals surface area contributed by atoms with Crippen molar-refractivity contribution in [3.63, 3.8) is 0 Å². The van der Waals surface area contributed by atoms with Crippen LogP contribution in [0.25, 0.3) is 0 Å². The average Bonchev–Trinajstić information content (AvgIpc) is 3.01. The number of carbonyl (C=O) groups is 1. The molecule has 1 fully saturated rings. The third kappa shape index (κ3) is 3.34. The largest absolute Gasteiger partial charge is 0.492 e. The van der Waals surface area contributed by atoms with Gasteiger partial charge in [0.05, 0.1) is 13.0 Å². The molecule has 0 atom stereocenters. The van der Waals surface area contributed by atoms with Crippen LogP contribution in [0.15, 0.2) is 42.5 Å². The van der Waals surface area contributed by atoms with Gasteiger partial charge in [-0.3, -0.25) is 4.79 Å². The van der Waals surface area contributed by atoms with Crippen molar-refractivity contribution in [1.29, 1.82) is 0 Å². The van der Waals surface area contributed by atoms with Crippen molar-refractivity contribution in [2.45, 2.75) is 31.2 Å². The highest BCUT2D eigenvalue weighted by Crippen LogP contribution is 2.45. The number of likely N-dealkylation sites (tertiary alicyclic amines) is 1. The monoisotopic (exact) mass is 462 g/mol. The van der Waals surface area contributed by atoms with Crippen LogP contribution >= 0.6 is 22.6 Å². The Morgan fingerprint density at radius 2 is 1.81 bits per heavy atom. The molecule has 2 aromatic rings. The number of nitrogens with zero attached hydrogens (tertiary/aromatic N) is 1. The molecule has 2 N–H and O–H groups in total. The molecule has 4 nitrogen and oxygen atoms in total. The van der Waals surface area contributed by atoms with Gasteiger partial charge in [0, 0.05) is 34.2 Å². The lowest BCUT2D eigenvalue weighted by Gasteiger charge is -2.38. The van der Waals surface area contributed by atoms with Gasteiger partial charge in [-0.05, 0) is 64.8 Å². The molecule has 4 rings (SSSR count). The molecule has 2 aliphatic heterocycles. The standard InChI is InChI=1S/C21H23IN2O2/c22-17-4-1-15(2-5-17)12-20(25)24-9-7-21(8-10-24)14-26-19-6-3-16(13-23)11-18(19)21/h1-6,11H,7-10,12-14,23H2. The van der Waals surface area contributed by atoms with Crippen LogP contribution < -0.4 is 10.5 Å². The van der Waals surface area contributed by atoms with Gasteiger partial charge in [0.15, 0.2) is 0 Å². The van der Waals surface area contributed by atoms with Gasteiger partial charge in [-0.25, -0.2) is 0 Å². The van der Waals surface area contributed by atoms with Crippen molar-refractivity contribution in [3.8, 4) is 5.75 Å². The minimum absolute atomic E-state index is 0.0418. The van der Waals surface area contributed by atoms with Crippen molar-refractivity contribution >= 4 is 28.5 Å². The molecule has 0 aromatic heterocycles. The van der Waals surface area contributed by atoms with E-state index >= 15 is 0 Å². The van der Waals surface area contributed by atoms with Gasteiger partial charge in [-0.1, -0.05) is 24.3 Å². The first kappa shape index (κ1) is 17.8. The number of fused-ring (bicyclic) bond motifs is 2. The molecule has 2 heterocycles. The van der Waals surface area contributed by atoms with Crippen LogP contribution in [0, 0.1) is 3.57 Å². The van der Waals surface area contributed by atoms with Gasteiger partial charge >= 0.3 is 0 Å². The van der Waals surface area contributed by atoms with Gasteiger partial charge in [0.1, 0.15) is 5.75 Å².